The van der Waals surface area contributed by atoms with E-state index in [4.69, 9.17) is 21.4 Å². The number of benzene rings is 2. The van der Waals surface area contributed by atoms with Crippen molar-refractivity contribution in [1.82, 2.24) is 0 Å². The van der Waals surface area contributed by atoms with Gasteiger partial charge in [-0.05, 0) is 36.4 Å². The zero-order valence-corrected chi connectivity index (χ0v) is 11.8. The van der Waals surface area contributed by atoms with Gasteiger partial charge in [-0.3, -0.25) is 4.79 Å². The molecule has 6 heteroatoms. The first kappa shape index (κ1) is 14.9. The van der Waals surface area contributed by atoms with Gasteiger partial charge in [-0.25, -0.2) is 4.79 Å². The number of anilines is 1. The SMILES string of the molecule is COc1ccc(C(=O)Nc2cccc(Cl)c2C(=O)O)cc1. The summed E-state index contributed by atoms with van der Waals surface area (Å²) in [5.41, 5.74) is 0.393. The van der Waals surface area contributed by atoms with Gasteiger partial charge in [0.05, 0.1) is 17.8 Å². The van der Waals surface area contributed by atoms with Crippen LogP contribution in [0.3, 0.4) is 0 Å². The molecular formula is C15H12ClNO4. The number of ether oxygens (including phenoxy) is 1. The maximum atomic E-state index is 12.1. The number of amides is 1. The summed E-state index contributed by atoms with van der Waals surface area (Å²) in [7, 11) is 1.53. The Bertz CT molecular complexity index is 683. The van der Waals surface area contributed by atoms with Crippen LogP contribution in [0.5, 0.6) is 5.75 Å². The molecule has 0 bridgehead atoms. The smallest absolute Gasteiger partial charge is 0.339 e. The Morgan fingerprint density at radius 2 is 1.81 bits per heavy atom. The maximum absolute atomic E-state index is 12.1. The van der Waals surface area contributed by atoms with Crippen molar-refractivity contribution >= 4 is 29.2 Å². The molecule has 0 aliphatic heterocycles. The number of methoxy groups -OCH3 is 1. The summed E-state index contributed by atoms with van der Waals surface area (Å²) in [5.74, 6) is -1.01. The van der Waals surface area contributed by atoms with Crippen LogP contribution < -0.4 is 10.1 Å². The molecule has 2 N–H and O–H groups in total. The quantitative estimate of drug-likeness (QED) is 0.908. The van der Waals surface area contributed by atoms with E-state index in [1.54, 1.807) is 30.3 Å². The van der Waals surface area contributed by atoms with Crippen LogP contribution in [0.4, 0.5) is 5.69 Å². The topological polar surface area (TPSA) is 75.6 Å². The summed E-state index contributed by atoms with van der Waals surface area (Å²) in [6.45, 7) is 0. The summed E-state index contributed by atoms with van der Waals surface area (Å²) in [4.78, 5) is 23.3. The summed E-state index contributed by atoms with van der Waals surface area (Å²) >= 11 is 5.84. The number of aromatic carboxylic acids is 1. The Morgan fingerprint density at radius 1 is 1.14 bits per heavy atom. The molecule has 0 spiro atoms. The van der Waals surface area contributed by atoms with Crippen molar-refractivity contribution in [2.24, 2.45) is 0 Å². The third kappa shape index (κ3) is 3.32. The lowest BCUT2D eigenvalue weighted by atomic mass is 10.1. The van der Waals surface area contributed by atoms with E-state index in [0.717, 1.165) is 0 Å². The molecule has 2 aromatic rings. The molecule has 0 aliphatic carbocycles. The minimum Gasteiger partial charge on any atom is -0.497 e. The largest absolute Gasteiger partial charge is 0.497 e. The average Bonchev–Trinajstić information content (AvgIpc) is 2.47. The average molecular weight is 306 g/mol. The number of halogens is 1. The standard InChI is InChI=1S/C15H12ClNO4/c1-21-10-7-5-9(6-8-10)14(18)17-12-4-2-3-11(16)13(12)15(19)20/h2-8H,1H3,(H,17,18)(H,19,20). The number of carboxylic acids is 1. The molecule has 2 rings (SSSR count). The number of nitrogens with one attached hydrogen (secondary N) is 1. The number of hydrogen-bond acceptors (Lipinski definition) is 3. The first-order chi connectivity index (χ1) is 10.0. The van der Waals surface area contributed by atoms with E-state index < -0.39 is 11.9 Å². The Morgan fingerprint density at radius 3 is 2.38 bits per heavy atom. The van der Waals surface area contributed by atoms with Gasteiger partial charge in [0.2, 0.25) is 0 Å². The summed E-state index contributed by atoms with van der Waals surface area (Å²) in [6, 6.07) is 11.0. The molecule has 0 saturated heterocycles. The fourth-order valence-corrected chi connectivity index (χ4v) is 2.04. The molecular weight excluding hydrogens is 294 g/mol. The second kappa shape index (κ2) is 6.28. The molecule has 0 atom stereocenters. The van der Waals surface area contributed by atoms with Crippen molar-refractivity contribution in [3.05, 3.63) is 58.6 Å². The molecule has 0 fully saturated rings. The predicted molar refractivity (Wildman–Crippen MR) is 79.4 cm³/mol. The molecule has 0 unspecified atom stereocenters. The van der Waals surface area contributed by atoms with Gasteiger partial charge in [-0.15, -0.1) is 0 Å². The lowest BCUT2D eigenvalue weighted by Crippen LogP contribution is -2.15. The van der Waals surface area contributed by atoms with Gasteiger partial charge >= 0.3 is 5.97 Å². The van der Waals surface area contributed by atoms with Crippen LogP contribution in [0.25, 0.3) is 0 Å². The Labute approximate surface area is 126 Å². The maximum Gasteiger partial charge on any atom is 0.339 e. The van der Waals surface area contributed by atoms with Crippen LogP contribution in [-0.4, -0.2) is 24.1 Å². The number of rotatable bonds is 4. The highest BCUT2D eigenvalue weighted by Gasteiger charge is 2.16. The number of hydrogen-bond donors (Lipinski definition) is 2. The third-order valence-corrected chi connectivity index (χ3v) is 3.14. The van der Waals surface area contributed by atoms with E-state index in [0.29, 0.717) is 11.3 Å². The minimum atomic E-state index is -1.20. The lowest BCUT2D eigenvalue weighted by Gasteiger charge is -2.10. The molecule has 5 nitrogen and oxygen atoms in total. The Balaban J connectivity index is 2.27. The Hall–Kier alpha value is -2.53. The van der Waals surface area contributed by atoms with Gasteiger partial charge in [0.25, 0.3) is 5.91 Å². The van der Waals surface area contributed by atoms with Crippen LogP contribution in [0.2, 0.25) is 5.02 Å². The van der Waals surface area contributed by atoms with Gasteiger partial charge in [-0.1, -0.05) is 17.7 Å². The minimum absolute atomic E-state index is 0.0648. The zero-order chi connectivity index (χ0) is 15.4. The summed E-state index contributed by atoms with van der Waals surface area (Å²) in [6.07, 6.45) is 0. The lowest BCUT2D eigenvalue weighted by molar-refractivity contribution is 0.0698. The normalized spacial score (nSPS) is 10.0. The van der Waals surface area contributed by atoms with Crippen LogP contribution in [0.15, 0.2) is 42.5 Å². The van der Waals surface area contributed by atoms with Gasteiger partial charge in [-0.2, -0.15) is 0 Å². The second-order valence-electron chi connectivity index (χ2n) is 4.15. The summed E-state index contributed by atoms with van der Waals surface area (Å²) < 4.78 is 5.01. The van der Waals surface area contributed by atoms with Crippen LogP contribution in [0, 0.1) is 0 Å². The second-order valence-corrected chi connectivity index (χ2v) is 4.56. The highest BCUT2D eigenvalue weighted by molar-refractivity contribution is 6.34. The molecule has 2 aromatic carbocycles. The van der Waals surface area contributed by atoms with Crippen molar-refractivity contribution in [2.75, 3.05) is 12.4 Å². The zero-order valence-electron chi connectivity index (χ0n) is 11.1. The highest BCUT2D eigenvalue weighted by Crippen LogP contribution is 2.25. The van der Waals surface area contributed by atoms with Crippen molar-refractivity contribution < 1.29 is 19.4 Å². The van der Waals surface area contributed by atoms with E-state index >= 15 is 0 Å². The van der Waals surface area contributed by atoms with Crippen molar-refractivity contribution in [3.8, 4) is 5.75 Å². The van der Waals surface area contributed by atoms with Crippen LogP contribution in [-0.2, 0) is 0 Å². The van der Waals surface area contributed by atoms with Gasteiger partial charge in [0.1, 0.15) is 11.3 Å². The molecule has 0 heterocycles. The first-order valence-corrected chi connectivity index (χ1v) is 6.38. The highest BCUT2D eigenvalue weighted by atomic mass is 35.5. The molecule has 0 aliphatic rings. The third-order valence-electron chi connectivity index (χ3n) is 2.83. The first-order valence-electron chi connectivity index (χ1n) is 6.00. The van der Waals surface area contributed by atoms with Crippen molar-refractivity contribution in [2.45, 2.75) is 0 Å². The van der Waals surface area contributed by atoms with Gasteiger partial charge in [0.15, 0.2) is 0 Å². The summed E-state index contributed by atoms with van der Waals surface area (Å²) in [5, 5.41) is 11.8. The fourth-order valence-electron chi connectivity index (χ4n) is 1.78. The van der Waals surface area contributed by atoms with Crippen LogP contribution >= 0.6 is 11.6 Å². The van der Waals surface area contributed by atoms with Gasteiger partial charge in [0, 0.05) is 5.56 Å². The molecule has 108 valence electrons. The van der Waals surface area contributed by atoms with E-state index in [-0.39, 0.29) is 16.3 Å². The molecule has 1 amide bonds. The molecule has 0 saturated carbocycles. The van der Waals surface area contributed by atoms with E-state index in [2.05, 4.69) is 5.32 Å². The molecule has 0 aromatic heterocycles. The van der Waals surface area contributed by atoms with E-state index in [1.807, 2.05) is 0 Å². The number of carbonyl (C=O) groups excluding carboxylic acids is 1. The number of carbonyl (C=O) groups is 2. The molecule has 0 radical (unpaired) electrons. The van der Waals surface area contributed by atoms with E-state index in [9.17, 15) is 9.59 Å². The molecule has 21 heavy (non-hydrogen) atoms. The monoisotopic (exact) mass is 305 g/mol. The fraction of sp³-hybridized carbons (Fsp3) is 0.0667. The van der Waals surface area contributed by atoms with Crippen molar-refractivity contribution in [1.29, 1.82) is 0 Å². The number of carboxylic acid groups (broad SMARTS) is 1. The van der Waals surface area contributed by atoms with Gasteiger partial charge < -0.3 is 15.2 Å². The predicted octanol–water partition coefficient (Wildman–Crippen LogP) is 3.30. The Kier molecular flexibility index (Phi) is 4.45. The van der Waals surface area contributed by atoms with E-state index in [1.165, 1.54) is 19.2 Å². The van der Waals surface area contributed by atoms with Crippen LogP contribution in [0.1, 0.15) is 20.7 Å². The van der Waals surface area contributed by atoms with Crippen molar-refractivity contribution in [3.63, 3.8) is 0 Å².